The van der Waals surface area contributed by atoms with Gasteiger partial charge in [-0.15, -0.1) is 23.2 Å². The third-order valence-electron chi connectivity index (χ3n) is 3.14. The Labute approximate surface area is 91.4 Å². The van der Waals surface area contributed by atoms with Gasteiger partial charge in [0.25, 0.3) is 0 Å². The van der Waals surface area contributed by atoms with Crippen LogP contribution < -0.4 is 0 Å². The molecule has 0 atom stereocenters. The molecule has 1 nitrogen and oxygen atoms in total. The summed E-state index contributed by atoms with van der Waals surface area (Å²) in [7, 11) is 0. The zero-order valence-electron chi connectivity index (χ0n) is 8.31. The van der Waals surface area contributed by atoms with Crippen LogP contribution in [0.1, 0.15) is 19.8 Å². The van der Waals surface area contributed by atoms with Crippen LogP contribution in [-0.4, -0.2) is 36.3 Å². The largest absolute Gasteiger partial charge is 0.304 e. The standard InChI is InChI=1S/C10H19Cl2N/c1-2-13-5-3-9(4-6-13)10(7-11)8-12/h9-10H,2-8H2,1H3. The van der Waals surface area contributed by atoms with Gasteiger partial charge in [-0.2, -0.15) is 0 Å². The van der Waals surface area contributed by atoms with Crippen LogP contribution in [0, 0.1) is 11.8 Å². The number of halogens is 2. The molecule has 0 spiro atoms. The summed E-state index contributed by atoms with van der Waals surface area (Å²) in [5, 5.41) is 0. The molecule has 0 saturated carbocycles. The maximum absolute atomic E-state index is 5.87. The molecule has 1 heterocycles. The number of rotatable bonds is 4. The Morgan fingerprint density at radius 1 is 1.23 bits per heavy atom. The van der Waals surface area contributed by atoms with Crippen molar-refractivity contribution in [2.75, 3.05) is 31.4 Å². The molecule has 1 aliphatic heterocycles. The molecule has 0 aromatic rings. The van der Waals surface area contributed by atoms with Gasteiger partial charge >= 0.3 is 0 Å². The van der Waals surface area contributed by atoms with E-state index in [1.54, 1.807) is 0 Å². The molecular weight excluding hydrogens is 205 g/mol. The van der Waals surface area contributed by atoms with E-state index in [1.807, 2.05) is 0 Å². The summed E-state index contributed by atoms with van der Waals surface area (Å²) in [6.45, 7) is 5.86. The van der Waals surface area contributed by atoms with Gasteiger partial charge in [-0.1, -0.05) is 6.92 Å². The van der Waals surface area contributed by atoms with Gasteiger partial charge in [-0.3, -0.25) is 0 Å². The van der Waals surface area contributed by atoms with E-state index >= 15 is 0 Å². The van der Waals surface area contributed by atoms with Gasteiger partial charge in [-0.25, -0.2) is 0 Å². The SMILES string of the molecule is CCN1CCC(C(CCl)CCl)CC1. The molecule has 3 heteroatoms. The Balaban J connectivity index is 2.30. The minimum Gasteiger partial charge on any atom is -0.304 e. The van der Waals surface area contributed by atoms with Gasteiger partial charge in [0.1, 0.15) is 0 Å². The number of likely N-dealkylation sites (tertiary alicyclic amines) is 1. The van der Waals surface area contributed by atoms with Crippen LogP contribution in [0.5, 0.6) is 0 Å². The number of hydrogen-bond acceptors (Lipinski definition) is 1. The van der Waals surface area contributed by atoms with Crippen molar-refractivity contribution in [3.8, 4) is 0 Å². The van der Waals surface area contributed by atoms with Gasteiger partial charge in [-0.05, 0) is 44.3 Å². The predicted octanol–water partition coefficient (Wildman–Crippen LogP) is 2.81. The Bertz CT molecular complexity index is 129. The third kappa shape index (κ3) is 3.30. The van der Waals surface area contributed by atoms with Crippen LogP contribution in [0.15, 0.2) is 0 Å². The second-order valence-corrected chi connectivity index (χ2v) is 4.46. The number of nitrogens with zero attached hydrogens (tertiary/aromatic N) is 1. The van der Waals surface area contributed by atoms with Gasteiger partial charge in [0.15, 0.2) is 0 Å². The molecule has 1 fully saturated rings. The summed E-state index contributed by atoms with van der Waals surface area (Å²) >= 11 is 11.7. The first-order valence-electron chi connectivity index (χ1n) is 5.16. The summed E-state index contributed by atoms with van der Waals surface area (Å²) in [6, 6.07) is 0. The molecule has 78 valence electrons. The maximum Gasteiger partial charge on any atom is 0.0265 e. The van der Waals surface area contributed by atoms with E-state index in [1.165, 1.54) is 32.5 Å². The zero-order valence-corrected chi connectivity index (χ0v) is 9.82. The van der Waals surface area contributed by atoms with Crippen LogP contribution >= 0.6 is 23.2 Å². The van der Waals surface area contributed by atoms with E-state index in [0.29, 0.717) is 5.92 Å². The van der Waals surface area contributed by atoms with E-state index in [9.17, 15) is 0 Å². The van der Waals surface area contributed by atoms with Crippen molar-refractivity contribution in [1.29, 1.82) is 0 Å². The molecule has 0 radical (unpaired) electrons. The average Bonchev–Trinajstić information content (AvgIpc) is 2.21. The first kappa shape index (κ1) is 11.6. The lowest BCUT2D eigenvalue weighted by atomic mass is 9.86. The monoisotopic (exact) mass is 223 g/mol. The quantitative estimate of drug-likeness (QED) is 0.664. The summed E-state index contributed by atoms with van der Waals surface area (Å²) < 4.78 is 0. The van der Waals surface area contributed by atoms with Crippen LogP contribution in [0.4, 0.5) is 0 Å². The average molecular weight is 224 g/mol. The molecule has 0 aromatic carbocycles. The fraction of sp³-hybridized carbons (Fsp3) is 1.00. The molecule has 0 bridgehead atoms. The minimum atomic E-state index is 0.530. The molecule has 1 aliphatic rings. The Kier molecular flexibility index (Phi) is 5.45. The lowest BCUT2D eigenvalue weighted by Crippen LogP contribution is -2.36. The van der Waals surface area contributed by atoms with Crippen molar-refractivity contribution in [3.63, 3.8) is 0 Å². The summed E-state index contributed by atoms with van der Waals surface area (Å²) in [5.41, 5.74) is 0. The summed E-state index contributed by atoms with van der Waals surface area (Å²) in [6.07, 6.45) is 2.55. The highest BCUT2D eigenvalue weighted by molar-refractivity contribution is 6.20. The number of alkyl halides is 2. The minimum absolute atomic E-state index is 0.530. The molecular formula is C10H19Cl2N. The first-order valence-corrected chi connectivity index (χ1v) is 6.23. The molecule has 0 aliphatic carbocycles. The number of piperidine rings is 1. The van der Waals surface area contributed by atoms with Crippen molar-refractivity contribution in [1.82, 2.24) is 4.90 Å². The molecule has 13 heavy (non-hydrogen) atoms. The van der Waals surface area contributed by atoms with Crippen LogP contribution in [-0.2, 0) is 0 Å². The second-order valence-electron chi connectivity index (χ2n) is 3.84. The Hall–Kier alpha value is 0.540. The number of hydrogen-bond donors (Lipinski definition) is 0. The third-order valence-corrected chi connectivity index (χ3v) is 3.94. The van der Waals surface area contributed by atoms with E-state index in [0.717, 1.165) is 17.7 Å². The topological polar surface area (TPSA) is 3.24 Å². The molecule has 0 N–H and O–H groups in total. The van der Waals surface area contributed by atoms with E-state index in [-0.39, 0.29) is 0 Å². The van der Waals surface area contributed by atoms with Gasteiger partial charge in [0.05, 0.1) is 0 Å². The zero-order chi connectivity index (χ0) is 9.68. The molecule has 1 saturated heterocycles. The van der Waals surface area contributed by atoms with E-state index in [4.69, 9.17) is 23.2 Å². The summed E-state index contributed by atoms with van der Waals surface area (Å²) in [4.78, 5) is 2.50. The van der Waals surface area contributed by atoms with Crippen molar-refractivity contribution in [2.45, 2.75) is 19.8 Å². The molecule has 1 rings (SSSR count). The maximum atomic E-state index is 5.87. The normalized spacial score (nSPS) is 21.2. The van der Waals surface area contributed by atoms with Crippen LogP contribution in [0.3, 0.4) is 0 Å². The molecule has 0 unspecified atom stereocenters. The lowest BCUT2D eigenvalue weighted by molar-refractivity contribution is 0.166. The highest BCUT2D eigenvalue weighted by atomic mass is 35.5. The van der Waals surface area contributed by atoms with Crippen molar-refractivity contribution in [3.05, 3.63) is 0 Å². The van der Waals surface area contributed by atoms with Crippen LogP contribution in [0.2, 0.25) is 0 Å². The highest BCUT2D eigenvalue weighted by Gasteiger charge is 2.24. The fourth-order valence-corrected chi connectivity index (χ4v) is 2.87. The first-order chi connectivity index (χ1) is 6.31. The molecule has 0 amide bonds. The van der Waals surface area contributed by atoms with Crippen LogP contribution in [0.25, 0.3) is 0 Å². The van der Waals surface area contributed by atoms with Gasteiger partial charge in [0, 0.05) is 11.8 Å². The Morgan fingerprint density at radius 3 is 2.15 bits per heavy atom. The lowest BCUT2D eigenvalue weighted by Gasteiger charge is -2.34. The smallest absolute Gasteiger partial charge is 0.0265 e. The fourth-order valence-electron chi connectivity index (χ4n) is 2.03. The Morgan fingerprint density at radius 2 is 1.77 bits per heavy atom. The second kappa shape index (κ2) is 6.10. The molecule has 0 aromatic heterocycles. The van der Waals surface area contributed by atoms with Gasteiger partial charge in [0.2, 0.25) is 0 Å². The summed E-state index contributed by atoms with van der Waals surface area (Å²) in [5.74, 6) is 2.74. The van der Waals surface area contributed by atoms with Crippen molar-refractivity contribution >= 4 is 23.2 Å². The van der Waals surface area contributed by atoms with E-state index in [2.05, 4.69) is 11.8 Å². The predicted molar refractivity (Wildman–Crippen MR) is 59.8 cm³/mol. The van der Waals surface area contributed by atoms with Crippen molar-refractivity contribution < 1.29 is 0 Å². The van der Waals surface area contributed by atoms with Crippen molar-refractivity contribution in [2.24, 2.45) is 11.8 Å². The van der Waals surface area contributed by atoms with E-state index < -0.39 is 0 Å². The van der Waals surface area contributed by atoms with Gasteiger partial charge < -0.3 is 4.90 Å². The highest BCUT2D eigenvalue weighted by Crippen LogP contribution is 2.26.